The number of methoxy groups -OCH3 is 1. The summed E-state index contributed by atoms with van der Waals surface area (Å²) in [6, 6.07) is 10.4. The molecule has 0 spiro atoms. The maximum Gasteiger partial charge on any atom is 0.125 e. The Morgan fingerprint density at radius 1 is 1.11 bits per heavy atom. The van der Waals surface area contributed by atoms with Gasteiger partial charge in [-0.3, -0.25) is 0 Å². The first-order valence-corrected chi connectivity index (χ1v) is 7.04. The van der Waals surface area contributed by atoms with Gasteiger partial charge in [0, 0.05) is 25.6 Å². The summed E-state index contributed by atoms with van der Waals surface area (Å²) in [5.41, 5.74) is 1.23. The van der Waals surface area contributed by atoms with Crippen molar-refractivity contribution in [3.63, 3.8) is 0 Å². The monoisotopic (exact) mass is 360 g/mol. The largest absolute Gasteiger partial charge is 0.496 e. The molecule has 2 aromatic rings. The number of halogens is 3. The molecule has 0 aliphatic rings. The molecule has 0 fully saturated rings. The molecule has 2 rings (SSSR count). The van der Waals surface area contributed by atoms with Crippen molar-refractivity contribution in [1.82, 2.24) is 0 Å². The van der Waals surface area contributed by atoms with E-state index in [0.717, 1.165) is 4.47 Å². The Kier molecular flexibility index (Phi) is 4.74. The van der Waals surface area contributed by atoms with Crippen LogP contribution < -0.4 is 4.74 Å². The fourth-order valence-corrected chi connectivity index (χ4v) is 2.70. The van der Waals surface area contributed by atoms with E-state index in [-0.39, 0.29) is 0 Å². The molecule has 2 nitrogen and oxygen atoms in total. The summed E-state index contributed by atoms with van der Waals surface area (Å²) in [6.45, 7) is 0. The standard InChI is InChI=1S/C14H11BrCl2O2/c1-19-13-5-2-8(15)6-11(13)14(18)10-4-3-9(16)7-12(10)17/h2-7,14,18H,1H3. The zero-order valence-electron chi connectivity index (χ0n) is 10.0. The minimum atomic E-state index is -0.878. The lowest BCUT2D eigenvalue weighted by molar-refractivity contribution is 0.215. The van der Waals surface area contributed by atoms with Crippen molar-refractivity contribution >= 4 is 39.1 Å². The van der Waals surface area contributed by atoms with E-state index in [4.69, 9.17) is 27.9 Å². The number of benzene rings is 2. The van der Waals surface area contributed by atoms with Gasteiger partial charge in [-0.05, 0) is 30.3 Å². The Balaban J connectivity index is 2.49. The van der Waals surface area contributed by atoms with Gasteiger partial charge < -0.3 is 9.84 Å². The second-order valence-electron chi connectivity index (χ2n) is 3.95. The van der Waals surface area contributed by atoms with Gasteiger partial charge in [-0.25, -0.2) is 0 Å². The summed E-state index contributed by atoms with van der Waals surface area (Å²) in [5.74, 6) is 0.599. The van der Waals surface area contributed by atoms with Gasteiger partial charge in [-0.1, -0.05) is 45.2 Å². The second-order valence-corrected chi connectivity index (χ2v) is 5.71. The maximum absolute atomic E-state index is 10.5. The molecule has 0 aromatic heterocycles. The van der Waals surface area contributed by atoms with Crippen molar-refractivity contribution in [2.45, 2.75) is 6.10 Å². The summed E-state index contributed by atoms with van der Waals surface area (Å²) < 4.78 is 6.11. The Morgan fingerprint density at radius 3 is 2.47 bits per heavy atom. The molecule has 100 valence electrons. The highest BCUT2D eigenvalue weighted by Gasteiger charge is 2.18. The zero-order valence-corrected chi connectivity index (χ0v) is 13.1. The fraction of sp³-hybridized carbons (Fsp3) is 0.143. The predicted octanol–water partition coefficient (Wildman–Crippen LogP) is 4.85. The van der Waals surface area contributed by atoms with E-state index in [1.54, 1.807) is 37.4 Å². The minimum absolute atomic E-state index is 0.419. The van der Waals surface area contributed by atoms with Gasteiger partial charge >= 0.3 is 0 Å². The summed E-state index contributed by atoms with van der Waals surface area (Å²) >= 11 is 15.3. The van der Waals surface area contributed by atoms with Crippen LogP contribution >= 0.6 is 39.1 Å². The van der Waals surface area contributed by atoms with Crippen LogP contribution in [0.2, 0.25) is 10.0 Å². The first-order chi connectivity index (χ1) is 9.02. The molecule has 0 aliphatic heterocycles. The predicted molar refractivity (Wildman–Crippen MR) is 81.2 cm³/mol. The molecule has 1 N–H and O–H groups in total. The van der Waals surface area contributed by atoms with Crippen LogP contribution in [0.25, 0.3) is 0 Å². The molecular weight excluding hydrogens is 351 g/mol. The van der Waals surface area contributed by atoms with Crippen LogP contribution in [-0.4, -0.2) is 12.2 Å². The van der Waals surface area contributed by atoms with Crippen molar-refractivity contribution in [2.75, 3.05) is 7.11 Å². The Morgan fingerprint density at radius 2 is 1.84 bits per heavy atom. The van der Waals surface area contributed by atoms with Gasteiger partial charge in [0.05, 0.1) is 7.11 Å². The van der Waals surface area contributed by atoms with Gasteiger partial charge in [-0.15, -0.1) is 0 Å². The smallest absolute Gasteiger partial charge is 0.125 e. The molecule has 2 aromatic carbocycles. The first-order valence-electron chi connectivity index (χ1n) is 5.49. The Bertz CT molecular complexity index is 602. The third-order valence-corrected chi connectivity index (χ3v) is 3.80. The summed E-state index contributed by atoms with van der Waals surface area (Å²) in [6.07, 6.45) is -0.878. The van der Waals surface area contributed by atoms with Crippen LogP contribution in [0.1, 0.15) is 17.2 Å². The number of aliphatic hydroxyl groups is 1. The van der Waals surface area contributed by atoms with Crippen molar-refractivity contribution in [3.05, 3.63) is 62.0 Å². The Labute approximate surface area is 130 Å². The molecule has 0 saturated heterocycles. The van der Waals surface area contributed by atoms with Crippen LogP contribution in [-0.2, 0) is 0 Å². The van der Waals surface area contributed by atoms with E-state index in [9.17, 15) is 5.11 Å². The summed E-state index contributed by atoms with van der Waals surface area (Å²) in [5, 5.41) is 11.4. The Hall–Kier alpha value is -0.740. The van der Waals surface area contributed by atoms with Gasteiger partial charge in [-0.2, -0.15) is 0 Å². The lowest BCUT2D eigenvalue weighted by Crippen LogP contribution is -2.03. The second kappa shape index (κ2) is 6.14. The van der Waals surface area contributed by atoms with Gasteiger partial charge in [0.25, 0.3) is 0 Å². The molecule has 19 heavy (non-hydrogen) atoms. The first kappa shape index (κ1) is 14.7. The fourth-order valence-electron chi connectivity index (χ4n) is 1.81. The highest BCUT2D eigenvalue weighted by atomic mass is 79.9. The normalized spacial score (nSPS) is 12.3. The van der Waals surface area contributed by atoms with Crippen molar-refractivity contribution in [2.24, 2.45) is 0 Å². The third kappa shape index (κ3) is 3.23. The third-order valence-electron chi connectivity index (χ3n) is 2.74. The molecule has 0 heterocycles. The van der Waals surface area contributed by atoms with E-state index in [1.807, 2.05) is 6.07 Å². The maximum atomic E-state index is 10.5. The van der Waals surface area contributed by atoms with Crippen molar-refractivity contribution in [1.29, 1.82) is 0 Å². The van der Waals surface area contributed by atoms with Crippen LogP contribution in [0, 0.1) is 0 Å². The van der Waals surface area contributed by atoms with Crippen LogP contribution in [0.5, 0.6) is 5.75 Å². The van der Waals surface area contributed by atoms with Gasteiger partial charge in [0.1, 0.15) is 11.9 Å². The molecule has 0 amide bonds. The van der Waals surface area contributed by atoms with Crippen LogP contribution in [0.3, 0.4) is 0 Å². The number of ether oxygens (including phenoxy) is 1. The lowest BCUT2D eigenvalue weighted by atomic mass is 10.0. The SMILES string of the molecule is COc1ccc(Br)cc1C(O)c1ccc(Cl)cc1Cl. The van der Waals surface area contributed by atoms with Crippen LogP contribution in [0.15, 0.2) is 40.9 Å². The molecule has 1 atom stereocenters. The molecule has 0 aliphatic carbocycles. The van der Waals surface area contributed by atoms with Gasteiger partial charge in [0.2, 0.25) is 0 Å². The molecule has 0 radical (unpaired) electrons. The van der Waals surface area contributed by atoms with Crippen LogP contribution in [0.4, 0.5) is 0 Å². The topological polar surface area (TPSA) is 29.5 Å². The van der Waals surface area contributed by atoms with Crippen molar-refractivity contribution in [3.8, 4) is 5.75 Å². The van der Waals surface area contributed by atoms with E-state index in [0.29, 0.717) is 26.9 Å². The molecule has 0 bridgehead atoms. The minimum Gasteiger partial charge on any atom is -0.496 e. The van der Waals surface area contributed by atoms with Gasteiger partial charge in [0.15, 0.2) is 0 Å². The summed E-state index contributed by atoms with van der Waals surface area (Å²) in [7, 11) is 1.56. The number of hydrogen-bond acceptors (Lipinski definition) is 2. The molecule has 1 unspecified atom stereocenters. The van der Waals surface area contributed by atoms with E-state index < -0.39 is 6.10 Å². The van der Waals surface area contributed by atoms with E-state index >= 15 is 0 Å². The number of aliphatic hydroxyl groups excluding tert-OH is 1. The zero-order chi connectivity index (χ0) is 14.0. The van der Waals surface area contributed by atoms with E-state index in [1.165, 1.54) is 0 Å². The average molecular weight is 362 g/mol. The number of rotatable bonds is 3. The van der Waals surface area contributed by atoms with Crippen molar-refractivity contribution < 1.29 is 9.84 Å². The summed E-state index contributed by atoms with van der Waals surface area (Å²) in [4.78, 5) is 0. The molecular formula is C14H11BrCl2O2. The average Bonchev–Trinajstić information content (AvgIpc) is 2.38. The quantitative estimate of drug-likeness (QED) is 0.846. The highest BCUT2D eigenvalue weighted by Crippen LogP contribution is 2.35. The molecule has 5 heteroatoms. The number of hydrogen-bond donors (Lipinski definition) is 1. The lowest BCUT2D eigenvalue weighted by Gasteiger charge is -2.17. The molecule has 0 saturated carbocycles. The van der Waals surface area contributed by atoms with E-state index in [2.05, 4.69) is 15.9 Å². The highest BCUT2D eigenvalue weighted by molar-refractivity contribution is 9.10.